The van der Waals surface area contributed by atoms with Crippen LogP contribution in [-0.2, 0) is 6.42 Å². The van der Waals surface area contributed by atoms with Crippen LogP contribution in [0.5, 0.6) is 5.75 Å². The molecule has 0 aliphatic heterocycles. The van der Waals surface area contributed by atoms with Crippen molar-refractivity contribution >= 4 is 0 Å². The van der Waals surface area contributed by atoms with Crippen molar-refractivity contribution in [2.45, 2.75) is 58.4 Å². The van der Waals surface area contributed by atoms with Gasteiger partial charge in [0.25, 0.3) is 0 Å². The summed E-state index contributed by atoms with van der Waals surface area (Å²) in [4.78, 5) is 0. The summed E-state index contributed by atoms with van der Waals surface area (Å²) in [5.74, 6) is 2.89. The van der Waals surface area contributed by atoms with Gasteiger partial charge in [-0.25, -0.2) is 0 Å². The number of rotatable bonds is 7. The molecule has 0 bridgehead atoms. The first-order valence-electron chi connectivity index (χ1n) is 8.54. The summed E-state index contributed by atoms with van der Waals surface area (Å²) in [5.41, 5.74) is 1.30. The van der Waals surface area contributed by atoms with Crippen LogP contribution in [0.2, 0.25) is 0 Å². The van der Waals surface area contributed by atoms with E-state index in [4.69, 9.17) is 4.74 Å². The van der Waals surface area contributed by atoms with E-state index in [0.29, 0.717) is 6.04 Å². The smallest absolute Gasteiger partial charge is 0.122 e. The number of methoxy groups -OCH3 is 1. The molecule has 0 saturated heterocycles. The molecule has 0 radical (unpaired) electrons. The Morgan fingerprint density at radius 1 is 1.29 bits per heavy atom. The summed E-state index contributed by atoms with van der Waals surface area (Å²) in [6.07, 6.45) is 8.11. The predicted molar refractivity (Wildman–Crippen MR) is 89.9 cm³/mol. The molecular weight excluding hydrogens is 258 g/mol. The summed E-state index contributed by atoms with van der Waals surface area (Å²) in [6.45, 7) is 5.83. The number of nitrogens with one attached hydrogen (secondary N) is 1. The van der Waals surface area contributed by atoms with Crippen molar-refractivity contribution in [1.82, 2.24) is 5.32 Å². The Morgan fingerprint density at radius 2 is 2.10 bits per heavy atom. The van der Waals surface area contributed by atoms with Crippen molar-refractivity contribution in [3.05, 3.63) is 29.8 Å². The van der Waals surface area contributed by atoms with Gasteiger partial charge < -0.3 is 10.1 Å². The second-order valence-electron chi connectivity index (χ2n) is 6.80. The van der Waals surface area contributed by atoms with E-state index in [1.54, 1.807) is 7.11 Å². The van der Waals surface area contributed by atoms with Crippen LogP contribution >= 0.6 is 0 Å². The average Bonchev–Trinajstić information content (AvgIpc) is 2.48. The van der Waals surface area contributed by atoms with Crippen LogP contribution in [0.15, 0.2) is 24.3 Å². The molecule has 2 nitrogen and oxygen atoms in total. The monoisotopic (exact) mass is 289 g/mol. The Bertz CT molecular complexity index is 418. The fourth-order valence-corrected chi connectivity index (χ4v) is 3.63. The number of hydrogen-bond acceptors (Lipinski definition) is 2. The number of hydrogen-bond donors (Lipinski definition) is 1. The molecule has 1 aromatic rings. The molecule has 1 aromatic carbocycles. The lowest BCUT2D eigenvalue weighted by Gasteiger charge is -2.27. The quantitative estimate of drug-likeness (QED) is 0.801. The molecule has 2 rings (SSSR count). The van der Waals surface area contributed by atoms with Gasteiger partial charge in [0.05, 0.1) is 7.11 Å². The van der Waals surface area contributed by atoms with E-state index in [2.05, 4.69) is 31.3 Å². The summed E-state index contributed by atoms with van der Waals surface area (Å²) < 4.78 is 5.43. The van der Waals surface area contributed by atoms with Crippen LogP contribution in [-0.4, -0.2) is 19.7 Å². The van der Waals surface area contributed by atoms with E-state index in [-0.39, 0.29) is 0 Å². The molecule has 0 heterocycles. The van der Waals surface area contributed by atoms with Crippen molar-refractivity contribution in [1.29, 1.82) is 0 Å². The lowest BCUT2D eigenvalue weighted by molar-refractivity contribution is 0.265. The van der Waals surface area contributed by atoms with Crippen molar-refractivity contribution < 1.29 is 4.74 Å². The maximum Gasteiger partial charge on any atom is 0.122 e. The zero-order valence-electron chi connectivity index (χ0n) is 13.9. The normalized spacial score (nSPS) is 23.8. The van der Waals surface area contributed by atoms with Gasteiger partial charge in [-0.1, -0.05) is 44.4 Å². The molecule has 1 aliphatic rings. The van der Waals surface area contributed by atoms with Crippen LogP contribution < -0.4 is 10.1 Å². The maximum absolute atomic E-state index is 5.43. The second-order valence-corrected chi connectivity index (χ2v) is 6.80. The third kappa shape index (κ3) is 5.35. The van der Waals surface area contributed by atoms with E-state index in [1.165, 1.54) is 37.7 Å². The molecule has 21 heavy (non-hydrogen) atoms. The minimum absolute atomic E-state index is 0.502. The summed E-state index contributed by atoms with van der Waals surface area (Å²) in [6, 6.07) is 8.84. The molecule has 3 unspecified atom stereocenters. The Balaban J connectivity index is 1.71. The largest absolute Gasteiger partial charge is 0.496 e. The van der Waals surface area contributed by atoms with Crippen molar-refractivity contribution in [3.63, 3.8) is 0 Å². The van der Waals surface area contributed by atoms with Crippen molar-refractivity contribution in [3.8, 4) is 5.75 Å². The van der Waals surface area contributed by atoms with Gasteiger partial charge in [0.1, 0.15) is 5.75 Å². The Kier molecular flexibility index (Phi) is 6.56. The maximum atomic E-state index is 5.43. The van der Waals surface area contributed by atoms with Gasteiger partial charge in [-0.2, -0.15) is 0 Å². The second kappa shape index (κ2) is 8.43. The molecule has 1 aliphatic carbocycles. The number of para-hydroxylation sites is 1. The molecule has 3 atom stereocenters. The van der Waals surface area contributed by atoms with Gasteiger partial charge in [-0.05, 0) is 56.2 Å². The average molecular weight is 289 g/mol. The predicted octanol–water partition coefficient (Wildman–Crippen LogP) is 4.43. The minimum Gasteiger partial charge on any atom is -0.496 e. The molecule has 0 spiro atoms. The fourth-order valence-electron chi connectivity index (χ4n) is 3.63. The van der Waals surface area contributed by atoms with Gasteiger partial charge in [-0.3, -0.25) is 0 Å². The first-order valence-corrected chi connectivity index (χ1v) is 8.54. The molecular formula is C19H31NO. The molecule has 0 aromatic heterocycles. The minimum atomic E-state index is 0.502. The molecule has 1 saturated carbocycles. The lowest BCUT2D eigenvalue weighted by atomic mass is 9.81. The fraction of sp³-hybridized carbons (Fsp3) is 0.684. The molecule has 118 valence electrons. The summed E-state index contributed by atoms with van der Waals surface area (Å²) in [7, 11) is 1.75. The van der Waals surface area contributed by atoms with Crippen LogP contribution in [0.4, 0.5) is 0 Å². The molecule has 2 heteroatoms. The highest BCUT2D eigenvalue weighted by atomic mass is 16.5. The highest BCUT2D eigenvalue weighted by Gasteiger charge is 2.18. The third-order valence-corrected chi connectivity index (χ3v) is 4.81. The van der Waals surface area contributed by atoms with Crippen LogP contribution in [0.25, 0.3) is 0 Å². The van der Waals surface area contributed by atoms with Crippen molar-refractivity contribution in [2.75, 3.05) is 13.7 Å². The Labute approximate surface area is 130 Å². The zero-order valence-corrected chi connectivity index (χ0v) is 13.9. The van der Waals surface area contributed by atoms with E-state index in [9.17, 15) is 0 Å². The Morgan fingerprint density at radius 3 is 2.86 bits per heavy atom. The van der Waals surface area contributed by atoms with Crippen LogP contribution in [0.3, 0.4) is 0 Å². The first-order chi connectivity index (χ1) is 10.2. The highest BCUT2D eigenvalue weighted by molar-refractivity contribution is 5.33. The zero-order chi connectivity index (χ0) is 15.1. The summed E-state index contributed by atoms with van der Waals surface area (Å²) in [5, 5.41) is 3.69. The van der Waals surface area contributed by atoms with Crippen LogP contribution in [0, 0.1) is 11.8 Å². The van der Waals surface area contributed by atoms with E-state index in [0.717, 1.165) is 30.6 Å². The van der Waals surface area contributed by atoms with E-state index >= 15 is 0 Å². The standard InChI is InChI=1S/C19H31NO/c1-15-7-6-8-17(13-15)11-12-20-16(2)14-18-9-4-5-10-19(18)21-3/h4-5,9-10,15-17,20H,6-8,11-14H2,1-3H3. The van der Waals surface area contributed by atoms with Gasteiger partial charge in [-0.15, -0.1) is 0 Å². The number of benzene rings is 1. The first kappa shape index (κ1) is 16.4. The summed E-state index contributed by atoms with van der Waals surface area (Å²) >= 11 is 0. The van der Waals surface area contributed by atoms with Crippen LogP contribution in [0.1, 0.15) is 51.5 Å². The van der Waals surface area contributed by atoms with Gasteiger partial charge in [0, 0.05) is 6.04 Å². The molecule has 1 N–H and O–H groups in total. The van der Waals surface area contributed by atoms with Crippen molar-refractivity contribution in [2.24, 2.45) is 11.8 Å². The highest BCUT2D eigenvalue weighted by Crippen LogP contribution is 2.30. The van der Waals surface area contributed by atoms with E-state index in [1.807, 2.05) is 12.1 Å². The third-order valence-electron chi connectivity index (χ3n) is 4.81. The number of ether oxygens (including phenoxy) is 1. The van der Waals surface area contributed by atoms with E-state index < -0.39 is 0 Å². The SMILES string of the molecule is COc1ccccc1CC(C)NCCC1CCCC(C)C1. The van der Waals surface area contributed by atoms with Gasteiger partial charge in [0.2, 0.25) is 0 Å². The van der Waals surface area contributed by atoms with Gasteiger partial charge >= 0.3 is 0 Å². The van der Waals surface area contributed by atoms with Gasteiger partial charge in [0.15, 0.2) is 0 Å². The lowest BCUT2D eigenvalue weighted by Crippen LogP contribution is -2.30. The molecule has 1 fully saturated rings. The topological polar surface area (TPSA) is 21.3 Å². The molecule has 0 amide bonds. The Hall–Kier alpha value is -1.02.